The molecule has 0 fully saturated rings. The molecule has 0 aliphatic carbocycles. The predicted octanol–water partition coefficient (Wildman–Crippen LogP) is 11.2. The molecular formula is C41H88N4O2. The molecule has 0 saturated carbocycles. The van der Waals surface area contributed by atoms with Crippen LogP contribution in [0.4, 0.5) is 0 Å². The van der Waals surface area contributed by atoms with E-state index in [1.165, 1.54) is 213 Å². The Labute approximate surface area is 296 Å². The number of hydrogen-bond acceptors (Lipinski definition) is 6. The molecule has 0 radical (unpaired) electrons. The van der Waals surface area contributed by atoms with Crippen molar-refractivity contribution < 1.29 is 9.68 Å². The summed E-state index contributed by atoms with van der Waals surface area (Å²) in [6.45, 7) is 17.5. The van der Waals surface area contributed by atoms with Crippen molar-refractivity contribution in [2.45, 2.75) is 194 Å². The summed E-state index contributed by atoms with van der Waals surface area (Å²) >= 11 is 0. The molecule has 0 heterocycles. The Hall–Kier alpha value is -0.240. The lowest BCUT2D eigenvalue weighted by atomic mass is 10.1. The predicted molar refractivity (Wildman–Crippen MR) is 208 cm³/mol. The zero-order valence-corrected chi connectivity index (χ0v) is 33.1. The second-order valence-corrected chi connectivity index (χ2v) is 14.6. The van der Waals surface area contributed by atoms with Gasteiger partial charge in [0.15, 0.2) is 0 Å². The number of unbranched alkanes of at least 4 members (excludes halogenated alkanes) is 21. The van der Waals surface area contributed by atoms with Gasteiger partial charge >= 0.3 is 0 Å². The van der Waals surface area contributed by atoms with E-state index in [1.54, 1.807) is 7.11 Å². The zero-order valence-electron chi connectivity index (χ0n) is 33.1. The highest BCUT2D eigenvalue weighted by Gasteiger charge is 2.09. The van der Waals surface area contributed by atoms with Crippen molar-refractivity contribution in [1.82, 2.24) is 20.3 Å². The fourth-order valence-corrected chi connectivity index (χ4v) is 6.78. The van der Waals surface area contributed by atoms with E-state index in [0.717, 1.165) is 13.0 Å². The molecule has 0 bridgehead atoms. The van der Waals surface area contributed by atoms with Crippen LogP contribution in [0.2, 0.25) is 0 Å². The highest BCUT2D eigenvalue weighted by Crippen LogP contribution is 2.13. The van der Waals surface area contributed by atoms with E-state index in [2.05, 4.69) is 48.2 Å². The lowest BCUT2D eigenvalue weighted by molar-refractivity contribution is -0.152. The van der Waals surface area contributed by atoms with Gasteiger partial charge in [0, 0.05) is 6.54 Å². The monoisotopic (exact) mass is 669 g/mol. The summed E-state index contributed by atoms with van der Waals surface area (Å²) in [7, 11) is 3.94. The maximum absolute atomic E-state index is 5.33. The van der Waals surface area contributed by atoms with Crippen molar-refractivity contribution >= 4 is 0 Å². The van der Waals surface area contributed by atoms with Crippen LogP contribution in [-0.2, 0) is 9.68 Å². The van der Waals surface area contributed by atoms with Crippen molar-refractivity contribution in [3.63, 3.8) is 0 Å². The molecule has 0 aromatic rings. The van der Waals surface area contributed by atoms with Crippen LogP contribution in [0.5, 0.6) is 0 Å². The number of hydrogen-bond donors (Lipinski definition) is 1. The first-order chi connectivity index (χ1) is 23.2. The van der Waals surface area contributed by atoms with Crippen LogP contribution < -0.4 is 5.64 Å². The Kier molecular flexibility index (Phi) is 40.0. The van der Waals surface area contributed by atoms with Gasteiger partial charge < -0.3 is 14.7 Å². The minimum Gasteiger partial charge on any atom is -0.306 e. The third-order valence-corrected chi connectivity index (χ3v) is 9.88. The molecule has 0 aliphatic rings. The van der Waals surface area contributed by atoms with E-state index in [9.17, 15) is 0 Å². The number of nitrogens with one attached hydrogen (secondary N) is 1. The number of nitrogens with zero attached hydrogens (tertiary/aromatic N) is 3. The summed E-state index contributed by atoms with van der Waals surface area (Å²) in [6, 6.07) is 0. The van der Waals surface area contributed by atoms with Crippen molar-refractivity contribution in [3.05, 3.63) is 0 Å². The first-order valence-corrected chi connectivity index (χ1v) is 21.2. The van der Waals surface area contributed by atoms with Gasteiger partial charge in [-0.25, -0.2) is 0 Å². The molecule has 0 amide bonds. The lowest BCUT2D eigenvalue weighted by Gasteiger charge is -2.26. The fourth-order valence-electron chi connectivity index (χ4n) is 6.78. The molecule has 0 spiro atoms. The minimum atomic E-state index is 0.691. The average molecular weight is 669 g/mol. The van der Waals surface area contributed by atoms with Crippen molar-refractivity contribution in [2.75, 3.05) is 73.1 Å². The molecule has 0 aliphatic heterocycles. The molecule has 0 atom stereocenters. The van der Waals surface area contributed by atoms with Crippen molar-refractivity contribution in [1.29, 1.82) is 0 Å². The highest BCUT2D eigenvalue weighted by molar-refractivity contribution is 4.64. The summed E-state index contributed by atoms with van der Waals surface area (Å²) in [6.07, 6.45) is 37.4. The largest absolute Gasteiger partial charge is 0.306 e. The third kappa shape index (κ3) is 36.9. The Balaban J connectivity index is 4.39. The summed E-state index contributed by atoms with van der Waals surface area (Å²) in [5, 5.41) is 0. The van der Waals surface area contributed by atoms with Crippen LogP contribution in [0.3, 0.4) is 0 Å². The van der Waals surface area contributed by atoms with Crippen LogP contribution in [0.15, 0.2) is 0 Å². The Morgan fingerprint density at radius 2 is 0.660 bits per heavy atom. The fraction of sp³-hybridized carbons (Fsp3) is 1.00. The summed E-state index contributed by atoms with van der Waals surface area (Å²) in [4.78, 5) is 18.2. The van der Waals surface area contributed by atoms with Crippen molar-refractivity contribution in [3.8, 4) is 0 Å². The normalized spacial score (nSPS) is 12.0. The van der Waals surface area contributed by atoms with Gasteiger partial charge in [0.05, 0.1) is 13.7 Å². The Bertz CT molecular complexity index is 548. The van der Waals surface area contributed by atoms with E-state index < -0.39 is 0 Å². The average Bonchev–Trinajstić information content (AvgIpc) is 3.07. The Morgan fingerprint density at radius 3 is 1.00 bits per heavy atom. The third-order valence-electron chi connectivity index (χ3n) is 9.88. The SMILES string of the molecule is CCCCCCCCCCN(CCCCCCCCCC)CCCN(C)CCCN(CCCCCCCCCC)CCCONOC. The van der Waals surface area contributed by atoms with Gasteiger partial charge in [0.1, 0.15) is 0 Å². The van der Waals surface area contributed by atoms with E-state index in [0.29, 0.717) is 6.61 Å². The molecule has 0 rings (SSSR count). The molecule has 6 nitrogen and oxygen atoms in total. The minimum absolute atomic E-state index is 0.691. The number of rotatable bonds is 41. The molecule has 0 aromatic carbocycles. The van der Waals surface area contributed by atoms with Crippen LogP contribution in [0, 0.1) is 0 Å². The van der Waals surface area contributed by atoms with E-state index in [-0.39, 0.29) is 0 Å². The van der Waals surface area contributed by atoms with E-state index in [1.807, 2.05) is 0 Å². The summed E-state index contributed by atoms with van der Waals surface area (Å²) < 4.78 is 0. The van der Waals surface area contributed by atoms with Crippen LogP contribution in [0.1, 0.15) is 194 Å². The molecule has 0 unspecified atom stereocenters. The summed E-state index contributed by atoms with van der Waals surface area (Å²) in [5.74, 6) is 0. The molecule has 0 saturated heterocycles. The van der Waals surface area contributed by atoms with Gasteiger partial charge in [-0.05, 0) is 91.4 Å². The van der Waals surface area contributed by atoms with Gasteiger partial charge in [-0.3, -0.25) is 9.68 Å². The van der Waals surface area contributed by atoms with Gasteiger partial charge in [-0.15, -0.1) is 0 Å². The molecule has 0 aromatic heterocycles. The molecule has 1 N–H and O–H groups in total. The van der Waals surface area contributed by atoms with Gasteiger partial charge in [0.2, 0.25) is 0 Å². The Morgan fingerprint density at radius 1 is 0.362 bits per heavy atom. The smallest absolute Gasteiger partial charge is 0.0721 e. The zero-order chi connectivity index (χ0) is 34.3. The van der Waals surface area contributed by atoms with Crippen LogP contribution in [-0.4, -0.2) is 87.8 Å². The maximum atomic E-state index is 5.33. The summed E-state index contributed by atoms with van der Waals surface area (Å²) in [5.41, 5.74) is 2.51. The standard InChI is InChI=1S/C41H88N4O2/c1-6-9-12-15-18-21-24-27-35-44(36-28-25-22-19-16-13-10-7-2)38-30-33-43(4)34-31-39-45(40-32-41-47-42-46-5)37-29-26-23-20-17-14-11-8-3/h42H,6-41H2,1-5H3. The first kappa shape index (κ1) is 46.8. The van der Waals surface area contributed by atoms with Crippen molar-refractivity contribution in [2.24, 2.45) is 0 Å². The molecule has 47 heavy (non-hydrogen) atoms. The molecular weight excluding hydrogens is 580 g/mol. The maximum Gasteiger partial charge on any atom is 0.0721 e. The molecule has 284 valence electrons. The first-order valence-electron chi connectivity index (χ1n) is 21.2. The molecule has 6 heteroatoms. The van der Waals surface area contributed by atoms with Gasteiger partial charge in [-0.2, -0.15) is 0 Å². The topological polar surface area (TPSA) is 40.2 Å². The second kappa shape index (κ2) is 40.2. The van der Waals surface area contributed by atoms with Gasteiger partial charge in [-0.1, -0.05) is 161 Å². The van der Waals surface area contributed by atoms with Crippen LogP contribution >= 0.6 is 0 Å². The second-order valence-electron chi connectivity index (χ2n) is 14.6. The van der Waals surface area contributed by atoms with Gasteiger partial charge in [0.25, 0.3) is 0 Å². The van der Waals surface area contributed by atoms with E-state index >= 15 is 0 Å². The highest BCUT2D eigenvalue weighted by atomic mass is 16.9. The lowest BCUT2D eigenvalue weighted by Crippen LogP contribution is -2.33. The van der Waals surface area contributed by atoms with Crippen LogP contribution in [0.25, 0.3) is 0 Å². The van der Waals surface area contributed by atoms with E-state index in [4.69, 9.17) is 9.68 Å². The quantitative estimate of drug-likeness (QED) is 0.0516.